The molecule has 0 saturated heterocycles. The number of anilines is 3. The number of benzene rings is 4. The standard InChI is InChI=1S/C35H32ClN7/c1-4-41(5-2)27-21-19-26(20-22-27)37-33-35-39-34-31(23(3)40-43(34)28-11-7-6-8-12-28)32(24-15-17-25(36)18-16-24)42(35)30-14-10-9-13-29(30)38-33/h6-22,32H,4-5H2,1-3H3,(H,37,38)/t32-/m0/s1. The summed E-state index contributed by atoms with van der Waals surface area (Å²) in [5.41, 5.74) is 8.01. The highest BCUT2D eigenvalue weighted by Crippen LogP contribution is 2.48. The Morgan fingerprint density at radius 1 is 0.814 bits per heavy atom. The minimum absolute atomic E-state index is 0.198. The number of rotatable bonds is 6. The van der Waals surface area contributed by atoms with Crippen LogP contribution in [0.15, 0.2) is 113 Å². The summed E-state index contributed by atoms with van der Waals surface area (Å²) < 4.78 is 1.94. The van der Waals surface area contributed by atoms with Gasteiger partial charge in [-0.1, -0.05) is 54.1 Å². The van der Waals surface area contributed by atoms with Gasteiger partial charge in [-0.25, -0.2) is 14.7 Å². The molecule has 0 spiro atoms. The van der Waals surface area contributed by atoms with Crippen molar-refractivity contribution in [3.8, 4) is 5.69 Å². The van der Waals surface area contributed by atoms with E-state index in [4.69, 9.17) is 26.7 Å². The molecule has 0 bridgehead atoms. The van der Waals surface area contributed by atoms with Crippen LogP contribution in [0.25, 0.3) is 5.69 Å². The second-order valence-corrected chi connectivity index (χ2v) is 11.1. The molecular weight excluding hydrogens is 554 g/mol. The van der Waals surface area contributed by atoms with Gasteiger partial charge in [0.05, 0.1) is 28.8 Å². The molecule has 2 aliphatic heterocycles. The molecule has 0 aliphatic carbocycles. The first-order valence-corrected chi connectivity index (χ1v) is 15.0. The number of hydrogen-bond acceptors (Lipinski definition) is 6. The third-order valence-electron chi connectivity index (χ3n) is 8.08. The molecule has 7 nitrogen and oxygen atoms in total. The zero-order chi connectivity index (χ0) is 29.5. The smallest absolute Gasteiger partial charge is 0.179 e. The van der Waals surface area contributed by atoms with Crippen molar-refractivity contribution in [3.05, 3.63) is 125 Å². The van der Waals surface area contributed by atoms with E-state index in [0.29, 0.717) is 10.9 Å². The average molecular weight is 586 g/mol. The third kappa shape index (κ3) is 4.76. The Labute approximate surface area is 256 Å². The number of halogens is 1. The number of aliphatic imine (C=N–C) groups is 2. The summed E-state index contributed by atoms with van der Waals surface area (Å²) in [6.07, 6.45) is 0. The van der Waals surface area contributed by atoms with Crippen molar-refractivity contribution in [2.75, 3.05) is 28.2 Å². The maximum Gasteiger partial charge on any atom is 0.179 e. The molecule has 1 atom stereocenters. The summed E-state index contributed by atoms with van der Waals surface area (Å²) in [6, 6.07) is 34.7. The Kier molecular flexibility index (Phi) is 6.95. The molecule has 214 valence electrons. The van der Waals surface area contributed by atoms with Crippen LogP contribution in [0.2, 0.25) is 5.02 Å². The van der Waals surface area contributed by atoms with Crippen LogP contribution in [0.5, 0.6) is 0 Å². The number of aryl methyl sites for hydroxylation is 1. The van der Waals surface area contributed by atoms with Crippen LogP contribution in [-0.4, -0.2) is 34.5 Å². The van der Waals surface area contributed by atoms with Crippen molar-refractivity contribution in [2.45, 2.75) is 26.8 Å². The molecule has 1 N–H and O–H groups in total. The zero-order valence-corrected chi connectivity index (χ0v) is 25.1. The van der Waals surface area contributed by atoms with Gasteiger partial charge in [-0.3, -0.25) is 0 Å². The van der Waals surface area contributed by atoms with E-state index in [1.54, 1.807) is 0 Å². The maximum absolute atomic E-state index is 6.36. The van der Waals surface area contributed by atoms with E-state index in [1.807, 2.05) is 53.2 Å². The molecule has 8 heteroatoms. The fourth-order valence-corrected chi connectivity index (χ4v) is 6.11. The Balaban J connectivity index is 1.42. The maximum atomic E-state index is 6.36. The molecule has 7 rings (SSSR count). The SMILES string of the molecule is CCN(CC)c1ccc(NC2=Nc3ccccc3N3C2=Nc2c(c(C)nn2-c2ccccc2)[C@@H]3c2ccc(Cl)cc2)cc1. The van der Waals surface area contributed by atoms with Gasteiger partial charge in [-0.2, -0.15) is 5.10 Å². The third-order valence-corrected chi connectivity index (χ3v) is 8.34. The van der Waals surface area contributed by atoms with E-state index in [2.05, 4.69) is 90.5 Å². The molecule has 5 aromatic rings. The average Bonchev–Trinajstić information content (AvgIpc) is 3.38. The molecule has 4 aromatic carbocycles. The van der Waals surface area contributed by atoms with Crippen molar-refractivity contribution < 1.29 is 0 Å². The number of aromatic nitrogens is 2. The van der Waals surface area contributed by atoms with Gasteiger partial charge in [0.1, 0.15) is 0 Å². The van der Waals surface area contributed by atoms with Gasteiger partial charge in [0.15, 0.2) is 17.5 Å². The van der Waals surface area contributed by atoms with Crippen molar-refractivity contribution >= 4 is 51.8 Å². The van der Waals surface area contributed by atoms with Gasteiger partial charge in [0.2, 0.25) is 0 Å². The number of hydrogen-bond donors (Lipinski definition) is 1. The Morgan fingerprint density at radius 2 is 1.51 bits per heavy atom. The van der Waals surface area contributed by atoms with Crippen LogP contribution in [-0.2, 0) is 0 Å². The summed E-state index contributed by atoms with van der Waals surface area (Å²) in [5.74, 6) is 2.20. The van der Waals surface area contributed by atoms with E-state index >= 15 is 0 Å². The first-order chi connectivity index (χ1) is 21.1. The van der Waals surface area contributed by atoms with Crippen LogP contribution in [0.1, 0.15) is 36.7 Å². The fourth-order valence-electron chi connectivity index (χ4n) is 5.99. The van der Waals surface area contributed by atoms with Gasteiger partial charge in [0.25, 0.3) is 0 Å². The van der Waals surface area contributed by atoms with Crippen LogP contribution in [0.4, 0.5) is 28.6 Å². The summed E-state index contributed by atoms with van der Waals surface area (Å²) in [7, 11) is 0. The van der Waals surface area contributed by atoms with Crippen molar-refractivity contribution in [1.82, 2.24) is 9.78 Å². The molecule has 2 aliphatic rings. The lowest BCUT2D eigenvalue weighted by Crippen LogP contribution is -2.46. The largest absolute Gasteiger partial charge is 0.372 e. The fraction of sp³-hybridized carbons (Fsp3) is 0.171. The molecule has 3 heterocycles. The Hall–Kier alpha value is -4.88. The quantitative estimate of drug-likeness (QED) is 0.217. The predicted octanol–water partition coefficient (Wildman–Crippen LogP) is 8.48. The number of nitrogens with one attached hydrogen (secondary N) is 1. The molecule has 43 heavy (non-hydrogen) atoms. The van der Waals surface area contributed by atoms with Crippen LogP contribution >= 0.6 is 11.6 Å². The van der Waals surface area contributed by atoms with Crippen molar-refractivity contribution in [2.24, 2.45) is 9.98 Å². The number of para-hydroxylation sites is 3. The molecule has 0 unspecified atom stereocenters. The second kappa shape index (κ2) is 11.1. The highest BCUT2D eigenvalue weighted by atomic mass is 35.5. The zero-order valence-electron chi connectivity index (χ0n) is 24.4. The number of nitrogens with zero attached hydrogens (tertiary/aromatic N) is 6. The summed E-state index contributed by atoms with van der Waals surface area (Å²) in [6.45, 7) is 8.32. The first kappa shape index (κ1) is 27.0. The van der Waals surface area contributed by atoms with Gasteiger partial charge in [-0.15, -0.1) is 0 Å². The van der Waals surface area contributed by atoms with E-state index in [-0.39, 0.29) is 6.04 Å². The van der Waals surface area contributed by atoms with Gasteiger partial charge in [0, 0.05) is 35.1 Å². The summed E-state index contributed by atoms with van der Waals surface area (Å²) >= 11 is 6.36. The second-order valence-electron chi connectivity index (χ2n) is 10.6. The van der Waals surface area contributed by atoms with Crippen LogP contribution in [0, 0.1) is 6.92 Å². The first-order valence-electron chi connectivity index (χ1n) is 14.6. The van der Waals surface area contributed by atoms with Crippen LogP contribution < -0.4 is 15.1 Å². The van der Waals surface area contributed by atoms with E-state index in [0.717, 1.165) is 64.3 Å². The number of amidine groups is 2. The normalized spacial score (nSPS) is 15.2. The molecule has 0 amide bonds. The predicted molar refractivity (Wildman–Crippen MR) is 178 cm³/mol. The topological polar surface area (TPSA) is 61.0 Å². The molecule has 0 fully saturated rings. The van der Waals surface area contributed by atoms with Crippen LogP contribution in [0.3, 0.4) is 0 Å². The lowest BCUT2D eigenvalue weighted by atomic mass is 9.93. The minimum atomic E-state index is -0.198. The Morgan fingerprint density at radius 3 is 2.23 bits per heavy atom. The number of fused-ring (bicyclic) bond motifs is 4. The molecule has 0 saturated carbocycles. The van der Waals surface area contributed by atoms with E-state index < -0.39 is 0 Å². The highest BCUT2D eigenvalue weighted by molar-refractivity contribution is 6.51. The van der Waals surface area contributed by atoms with E-state index in [9.17, 15) is 0 Å². The summed E-state index contributed by atoms with van der Waals surface area (Å²) in [5, 5.41) is 9.32. The van der Waals surface area contributed by atoms with E-state index in [1.165, 1.54) is 5.69 Å². The van der Waals surface area contributed by atoms with Crippen molar-refractivity contribution in [1.29, 1.82) is 0 Å². The van der Waals surface area contributed by atoms with Gasteiger partial charge < -0.3 is 15.1 Å². The Bertz CT molecular complexity index is 1840. The molecule has 0 radical (unpaired) electrons. The minimum Gasteiger partial charge on any atom is -0.372 e. The summed E-state index contributed by atoms with van der Waals surface area (Å²) in [4.78, 5) is 15.0. The molecular formula is C35H32ClN7. The monoisotopic (exact) mass is 585 g/mol. The van der Waals surface area contributed by atoms with Crippen molar-refractivity contribution in [3.63, 3.8) is 0 Å². The van der Waals surface area contributed by atoms with Gasteiger partial charge in [-0.05, 0) is 87.0 Å². The lowest BCUT2D eigenvalue weighted by Gasteiger charge is -2.40. The highest BCUT2D eigenvalue weighted by Gasteiger charge is 2.41. The molecule has 1 aromatic heterocycles. The van der Waals surface area contributed by atoms with Gasteiger partial charge >= 0.3 is 0 Å². The lowest BCUT2D eigenvalue weighted by molar-refractivity contribution is 0.815.